The summed E-state index contributed by atoms with van der Waals surface area (Å²) in [5.41, 5.74) is 6.39. The number of rotatable bonds is 4. The van der Waals surface area contributed by atoms with Crippen LogP contribution in [0.2, 0.25) is 0 Å². The third kappa shape index (κ3) is 3.10. The van der Waals surface area contributed by atoms with Crippen LogP contribution in [0.5, 0.6) is 0 Å². The smallest absolute Gasteiger partial charge is 0.265 e. The van der Waals surface area contributed by atoms with E-state index in [1.807, 2.05) is 0 Å². The average molecular weight is 255 g/mol. The summed E-state index contributed by atoms with van der Waals surface area (Å²) >= 11 is 0. The monoisotopic (exact) mass is 255 g/mol. The predicted octanol–water partition coefficient (Wildman–Crippen LogP) is 2.57. The maximum atomic E-state index is 12.9. The number of anilines is 2. The molecule has 0 amide bonds. The number of alkyl halides is 2. The SMILES string of the molecule is CN1CCC(CNc2ccc(N)cc2C(F)F)C1. The van der Waals surface area contributed by atoms with Crippen LogP contribution in [0.25, 0.3) is 0 Å². The lowest BCUT2D eigenvalue weighted by atomic mass is 10.1. The molecule has 3 N–H and O–H groups in total. The van der Waals surface area contributed by atoms with Gasteiger partial charge in [-0.3, -0.25) is 0 Å². The number of likely N-dealkylation sites (tertiary alicyclic amines) is 1. The molecule has 1 heterocycles. The van der Waals surface area contributed by atoms with Gasteiger partial charge in [0.05, 0.1) is 0 Å². The minimum absolute atomic E-state index is 0.0126. The van der Waals surface area contributed by atoms with Gasteiger partial charge in [-0.1, -0.05) is 0 Å². The Hall–Kier alpha value is -1.36. The van der Waals surface area contributed by atoms with E-state index in [9.17, 15) is 8.78 Å². The third-order valence-corrected chi connectivity index (χ3v) is 3.38. The molecule has 0 saturated carbocycles. The van der Waals surface area contributed by atoms with E-state index in [2.05, 4.69) is 17.3 Å². The van der Waals surface area contributed by atoms with E-state index in [1.54, 1.807) is 12.1 Å². The third-order valence-electron chi connectivity index (χ3n) is 3.38. The number of hydrogen-bond donors (Lipinski definition) is 2. The zero-order valence-corrected chi connectivity index (χ0v) is 10.5. The summed E-state index contributed by atoms with van der Waals surface area (Å²) < 4.78 is 25.7. The van der Waals surface area contributed by atoms with Crippen LogP contribution in [-0.4, -0.2) is 31.6 Å². The molecular weight excluding hydrogens is 236 g/mol. The zero-order chi connectivity index (χ0) is 13.1. The second-order valence-corrected chi connectivity index (χ2v) is 4.95. The lowest BCUT2D eigenvalue weighted by Gasteiger charge is -2.15. The van der Waals surface area contributed by atoms with Crippen molar-refractivity contribution < 1.29 is 8.78 Å². The van der Waals surface area contributed by atoms with Crippen molar-refractivity contribution in [3.63, 3.8) is 0 Å². The van der Waals surface area contributed by atoms with Crippen molar-refractivity contribution in [2.24, 2.45) is 5.92 Å². The Bertz CT molecular complexity index is 409. The predicted molar refractivity (Wildman–Crippen MR) is 69.9 cm³/mol. The minimum Gasteiger partial charge on any atom is -0.399 e. The zero-order valence-electron chi connectivity index (χ0n) is 10.5. The Morgan fingerprint density at radius 3 is 2.89 bits per heavy atom. The molecule has 5 heteroatoms. The molecule has 0 aliphatic carbocycles. The fourth-order valence-corrected chi connectivity index (χ4v) is 2.37. The Morgan fingerprint density at radius 1 is 1.50 bits per heavy atom. The van der Waals surface area contributed by atoms with Crippen LogP contribution in [0.15, 0.2) is 18.2 Å². The van der Waals surface area contributed by atoms with Gasteiger partial charge in [-0.25, -0.2) is 8.78 Å². The number of nitrogens with zero attached hydrogens (tertiary/aromatic N) is 1. The lowest BCUT2D eigenvalue weighted by molar-refractivity contribution is 0.152. The van der Waals surface area contributed by atoms with Crippen molar-refractivity contribution in [2.45, 2.75) is 12.8 Å². The fraction of sp³-hybridized carbons (Fsp3) is 0.538. The van der Waals surface area contributed by atoms with Gasteiger partial charge in [-0.15, -0.1) is 0 Å². The number of nitrogen functional groups attached to an aromatic ring is 1. The highest BCUT2D eigenvalue weighted by Gasteiger charge is 2.20. The maximum Gasteiger partial charge on any atom is 0.265 e. The molecule has 0 bridgehead atoms. The van der Waals surface area contributed by atoms with Crippen LogP contribution in [0.4, 0.5) is 20.2 Å². The average Bonchev–Trinajstić information content (AvgIpc) is 2.73. The number of hydrogen-bond acceptors (Lipinski definition) is 3. The summed E-state index contributed by atoms with van der Waals surface area (Å²) in [7, 11) is 2.08. The van der Waals surface area contributed by atoms with E-state index in [1.165, 1.54) is 6.07 Å². The van der Waals surface area contributed by atoms with Gasteiger partial charge in [0.2, 0.25) is 0 Å². The number of benzene rings is 1. The largest absolute Gasteiger partial charge is 0.399 e. The highest BCUT2D eigenvalue weighted by molar-refractivity contribution is 5.58. The molecule has 1 aromatic rings. The first-order valence-corrected chi connectivity index (χ1v) is 6.16. The van der Waals surface area contributed by atoms with Crippen LogP contribution in [0.1, 0.15) is 18.4 Å². The molecule has 2 rings (SSSR count). The summed E-state index contributed by atoms with van der Waals surface area (Å²) in [5, 5.41) is 3.12. The molecule has 3 nitrogen and oxygen atoms in total. The van der Waals surface area contributed by atoms with Crippen molar-refractivity contribution in [1.29, 1.82) is 0 Å². The van der Waals surface area contributed by atoms with Gasteiger partial charge in [-0.2, -0.15) is 0 Å². The van der Waals surface area contributed by atoms with Crippen LogP contribution < -0.4 is 11.1 Å². The van der Waals surface area contributed by atoms with Gasteiger partial charge in [0.1, 0.15) is 0 Å². The molecule has 0 aromatic heterocycles. The fourth-order valence-electron chi connectivity index (χ4n) is 2.37. The summed E-state index contributed by atoms with van der Waals surface area (Å²) in [6.45, 7) is 2.83. The first-order chi connectivity index (χ1) is 8.56. The minimum atomic E-state index is -2.50. The number of halogens is 2. The molecule has 100 valence electrons. The van der Waals surface area contributed by atoms with Crippen LogP contribution in [-0.2, 0) is 0 Å². The molecule has 1 fully saturated rings. The standard InChI is InChI=1S/C13H19F2N3/c1-18-5-4-9(8-18)7-17-12-3-2-10(16)6-11(12)13(14)15/h2-3,6,9,13,17H,4-5,7-8,16H2,1H3. The lowest BCUT2D eigenvalue weighted by Crippen LogP contribution is -2.19. The van der Waals surface area contributed by atoms with Gasteiger partial charge >= 0.3 is 0 Å². The summed E-state index contributed by atoms with van der Waals surface area (Å²) in [4.78, 5) is 2.25. The van der Waals surface area contributed by atoms with E-state index in [0.29, 0.717) is 17.3 Å². The first-order valence-electron chi connectivity index (χ1n) is 6.16. The van der Waals surface area contributed by atoms with E-state index in [4.69, 9.17) is 5.73 Å². The van der Waals surface area contributed by atoms with Crippen molar-refractivity contribution in [1.82, 2.24) is 4.90 Å². The normalized spacial score (nSPS) is 20.6. The van der Waals surface area contributed by atoms with Crippen molar-refractivity contribution in [3.05, 3.63) is 23.8 Å². The molecule has 1 saturated heterocycles. The van der Waals surface area contributed by atoms with E-state index in [0.717, 1.165) is 26.1 Å². The highest BCUT2D eigenvalue weighted by atomic mass is 19.3. The number of nitrogens with two attached hydrogens (primary N) is 1. The van der Waals surface area contributed by atoms with Crippen molar-refractivity contribution >= 4 is 11.4 Å². The van der Waals surface area contributed by atoms with Gasteiger partial charge in [0.15, 0.2) is 0 Å². The van der Waals surface area contributed by atoms with Crippen molar-refractivity contribution in [2.75, 3.05) is 37.7 Å². The van der Waals surface area contributed by atoms with Gasteiger partial charge in [-0.05, 0) is 44.1 Å². The Kier molecular flexibility index (Phi) is 4.01. The quantitative estimate of drug-likeness (QED) is 0.812. The van der Waals surface area contributed by atoms with Gasteiger partial charge in [0, 0.05) is 30.0 Å². The topological polar surface area (TPSA) is 41.3 Å². The van der Waals surface area contributed by atoms with E-state index < -0.39 is 6.43 Å². The molecule has 1 unspecified atom stereocenters. The van der Waals surface area contributed by atoms with Crippen LogP contribution in [0.3, 0.4) is 0 Å². The van der Waals surface area contributed by atoms with Crippen molar-refractivity contribution in [3.8, 4) is 0 Å². The summed E-state index contributed by atoms with van der Waals surface area (Å²) in [6.07, 6.45) is -1.38. The van der Waals surface area contributed by atoms with Gasteiger partial charge < -0.3 is 16.0 Å². The van der Waals surface area contributed by atoms with E-state index >= 15 is 0 Å². The molecule has 18 heavy (non-hydrogen) atoms. The van der Waals surface area contributed by atoms with Gasteiger partial charge in [0.25, 0.3) is 6.43 Å². The van der Waals surface area contributed by atoms with Crippen LogP contribution in [0, 0.1) is 5.92 Å². The first kappa shape index (κ1) is 13.1. The molecule has 0 spiro atoms. The molecule has 1 aromatic carbocycles. The Balaban J connectivity index is 2.00. The molecule has 1 atom stereocenters. The van der Waals surface area contributed by atoms with E-state index in [-0.39, 0.29) is 5.56 Å². The summed E-state index contributed by atoms with van der Waals surface area (Å²) in [6, 6.07) is 4.62. The molecule has 0 radical (unpaired) electrons. The molecule has 1 aliphatic rings. The Morgan fingerprint density at radius 2 is 2.28 bits per heavy atom. The second-order valence-electron chi connectivity index (χ2n) is 4.95. The molecule has 1 aliphatic heterocycles. The molecular formula is C13H19F2N3. The maximum absolute atomic E-state index is 12.9. The van der Waals surface area contributed by atoms with Crippen LogP contribution >= 0.6 is 0 Å². The summed E-state index contributed by atoms with van der Waals surface area (Å²) in [5.74, 6) is 0.526. The number of nitrogens with one attached hydrogen (secondary N) is 1. The second kappa shape index (κ2) is 5.52. The highest BCUT2D eigenvalue weighted by Crippen LogP contribution is 2.29. The Labute approximate surface area is 106 Å².